The Morgan fingerprint density at radius 1 is 1.26 bits per heavy atom. The van der Waals surface area contributed by atoms with Gasteiger partial charge in [-0.05, 0) is 74.4 Å². The molecule has 0 radical (unpaired) electrons. The lowest BCUT2D eigenvalue weighted by Gasteiger charge is -2.28. The second-order valence-electron chi connectivity index (χ2n) is 6.71. The van der Waals surface area contributed by atoms with Crippen LogP contribution < -0.4 is 5.32 Å². The van der Waals surface area contributed by atoms with Crippen LogP contribution in [0, 0.1) is 12.3 Å². The fourth-order valence-corrected chi connectivity index (χ4v) is 3.76. The van der Waals surface area contributed by atoms with Crippen LogP contribution in [0.1, 0.15) is 56.6 Å². The van der Waals surface area contributed by atoms with E-state index in [1.807, 2.05) is 6.21 Å². The Bertz CT molecular complexity index is 543. The van der Waals surface area contributed by atoms with Gasteiger partial charge >= 0.3 is 0 Å². The van der Waals surface area contributed by atoms with Crippen LogP contribution in [0.15, 0.2) is 39.9 Å². The van der Waals surface area contributed by atoms with Crippen molar-refractivity contribution < 1.29 is 0 Å². The van der Waals surface area contributed by atoms with Gasteiger partial charge in [-0.1, -0.05) is 40.9 Å². The molecular formula is C20H29BrN2. The van der Waals surface area contributed by atoms with Crippen LogP contribution in [0.4, 0.5) is 0 Å². The average molecular weight is 377 g/mol. The molecule has 1 aliphatic carbocycles. The van der Waals surface area contributed by atoms with E-state index in [0.29, 0.717) is 5.41 Å². The standard InChI is InChI=1S/C20H29BrN2/c1-3-12-22-13-10-20(8-4-5-9-20)11-14-23-16-18-6-7-19(21)17(2)15-18/h3,6-7,12,15-16,22H,4-5,8-11,13-14H2,1-2H3/b12-3+,23-16-. The number of hydrogen-bond acceptors (Lipinski definition) is 2. The van der Waals surface area contributed by atoms with Gasteiger partial charge in [0.25, 0.3) is 0 Å². The molecule has 1 fully saturated rings. The molecule has 1 saturated carbocycles. The van der Waals surface area contributed by atoms with E-state index in [1.165, 1.54) is 49.7 Å². The number of rotatable bonds is 8. The Hall–Kier alpha value is -1.09. The summed E-state index contributed by atoms with van der Waals surface area (Å²) >= 11 is 3.54. The third kappa shape index (κ3) is 5.80. The monoisotopic (exact) mass is 376 g/mol. The lowest BCUT2D eigenvalue weighted by atomic mass is 9.79. The van der Waals surface area contributed by atoms with Crippen LogP contribution in [0.5, 0.6) is 0 Å². The number of aliphatic imine (C=N–C) groups is 1. The summed E-state index contributed by atoms with van der Waals surface area (Å²) in [5.41, 5.74) is 2.97. The zero-order chi connectivity index (χ0) is 16.5. The van der Waals surface area contributed by atoms with Gasteiger partial charge in [-0.3, -0.25) is 4.99 Å². The highest BCUT2D eigenvalue weighted by atomic mass is 79.9. The highest BCUT2D eigenvalue weighted by molar-refractivity contribution is 9.10. The molecule has 0 atom stereocenters. The van der Waals surface area contributed by atoms with Gasteiger partial charge in [0.1, 0.15) is 0 Å². The van der Waals surface area contributed by atoms with Gasteiger partial charge in [-0.25, -0.2) is 0 Å². The zero-order valence-corrected chi connectivity index (χ0v) is 16.0. The molecule has 0 aliphatic heterocycles. The summed E-state index contributed by atoms with van der Waals surface area (Å²) in [5.74, 6) is 0. The van der Waals surface area contributed by atoms with Crippen LogP contribution in [-0.4, -0.2) is 19.3 Å². The van der Waals surface area contributed by atoms with Crippen molar-refractivity contribution in [3.63, 3.8) is 0 Å². The Balaban J connectivity index is 1.83. The molecule has 1 aliphatic rings. The van der Waals surface area contributed by atoms with Crippen molar-refractivity contribution in [2.24, 2.45) is 10.4 Å². The summed E-state index contributed by atoms with van der Waals surface area (Å²) in [5, 5.41) is 3.39. The van der Waals surface area contributed by atoms with Gasteiger partial charge in [0.05, 0.1) is 0 Å². The quantitative estimate of drug-likeness (QED) is 0.460. The lowest BCUT2D eigenvalue weighted by molar-refractivity contribution is 0.253. The van der Waals surface area contributed by atoms with Crippen LogP contribution in [-0.2, 0) is 0 Å². The Labute approximate surface area is 149 Å². The molecule has 1 aromatic rings. The minimum absolute atomic E-state index is 0.515. The van der Waals surface area contributed by atoms with Crippen molar-refractivity contribution in [1.29, 1.82) is 0 Å². The SMILES string of the molecule is C/C=C/NCCC1(CC/N=C\c2ccc(Br)c(C)c2)CCCC1. The van der Waals surface area contributed by atoms with Crippen LogP contribution >= 0.6 is 15.9 Å². The van der Waals surface area contributed by atoms with Crippen molar-refractivity contribution in [2.45, 2.75) is 52.4 Å². The summed E-state index contributed by atoms with van der Waals surface area (Å²) in [7, 11) is 0. The number of benzene rings is 1. The maximum absolute atomic E-state index is 4.69. The largest absolute Gasteiger partial charge is 0.391 e. The molecule has 0 saturated heterocycles. The predicted molar refractivity (Wildman–Crippen MR) is 104 cm³/mol. The minimum atomic E-state index is 0.515. The van der Waals surface area contributed by atoms with Gasteiger partial charge in [-0.15, -0.1) is 0 Å². The Morgan fingerprint density at radius 2 is 2.04 bits per heavy atom. The highest BCUT2D eigenvalue weighted by Gasteiger charge is 2.32. The van der Waals surface area contributed by atoms with Gasteiger partial charge in [0.2, 0.25) is 0 Å². The Morgan fingerprint density at radius 3 is 2.74 bits per heavy atom. The average Bonchev–Trinajstić information content (AvgIpc) is 3.01. The zero-order valence-electron chi connectivity index (χ0n) is 14.4. The molecule has 0 amide bonds. The van der Waals surface area contributed by atoms with E-state index < -0.39 is 0 Å². The number of aryl methyl sites for hydroxylation is 1. The lowest BCUT2D eigenvalue weighted by Crippen LogP contribution is -2.23. The van der Waals surface area contributed by atoms with Crippen molar-refractivity contribution in [3.8, 4) is 0 Å². The van der Waals surface area contributed by atoms with Gasteiger partial charge in [0.15, 0.2) is 0 Å². The first-order valence-corrected chi connectivity index (χ1v) is 9.55. The molecule has 2 rings (SSSR count). The molecular weight excluding hydrogens is 348 g/mol. The van der Waals surface area contributed by atoms with Crippen LogP contribution in [0.25, 0.3) is 0 Å². The molecule has 0 bridgehead atoms. The second kappa shape index (κ2) is 9.27. The van der Waals surface area contributed by atoms with E-state index in [1.54, 1.807) is 0 Å². The molecule has 126 valence electrons. The smallest absolute Gasteiger partial charge is 0.0394 e. The maximum Gasteiger partial charge on any atom is 0.0394 e. The summed E-state index contributed by atoms with van der Waals surface area (Å²) in [4.78, 5) is 4.69. The molecule has 0 unspecified atom stereocenters. The third-order valence-corrected chi connectivity index (χ3v) is 5.83. The number of allylic oxidation sites excluding steroid dienone is 1. The second-order valence-corrected chi connectivity index (χ2v) is 7.56. The minimum Gasteiger partial charge on any atom is -0.391 e. The van der Waals surface area contributed by atoms with Crippen LogP contribution in [0.2, 0.25) is 0 Å². The molecule has 3 heteroatoms. The van der Waals surface area contributed by atoms with Crippen molar-refractivity contribution in [3.05, 3.63) is 46.1 Å². The maximum atomic E-state index is 4.69. The summed E-state index contributed by atoms with van der Waals surface area (Å²) in [6.07, 6.45) is 14.1. The number of halogens is 1. The van der Waals surface area contributed by atoms with E-state index in [0.717, 1.165) is 17.6 Å². The third-order valence-electron chi connectivity index (χ3n) is 4.94. The fraction of sp³-hybridized carbons (Fsp3) is 0.550. The molecule has 0 heterocycles. The van der Waals surface area contributed by atoms with Gasteiger partial charge < -0.3 is 5.32 Å². The Kier molecular flexibility index (Phi) is 7.35. The number of nitrogens with one attached hydrogen (secondary N) is 1. The van der Waals surface area contributed by atoms with E-state index in [9.17, 15) is 0 Å². The summed E-state index contributed by atoms with van der Waals surface area (Å²) in [6, 6.07) is 6.40. The van der Waals surface area contributed by atoms with Gasteiger partial charge in [-0.2, -0.15) is 0 Å². The highest BCUT2D eigenvalue weighted by Crippen LogP contribution is 2.43. The van der Waals surface area contributed by atoms with Crippen molar-refractivity contribution >= 4 is 22.1 Å². The first kappa shape index (κ1) is 18.3. The normalized spacial score (nSPS) is 17.3. The predicted octanol–water partition coefficient (Wildman–Crippen LogP) is 5.64. The topological polar surface area (TPSA) is 24.4 Å². The molecule has 0 aromatic heterocycles. The van der Waals surface area contributed by atoms with Crippen molar-refractivity contribution in [1.82, 2.24) is 5.32 Å². The molecule has 23 heavy (non-hydrogen) atoms. The molecule has 1 aromatic carbocycles. The van der Waals surface area contributed by atoms with E-state index >= 15 is 0 Å². The summed E-state index contributed by atoms with van der Waals surface area (Å²) in [6.45, 7) is 6.20. The fourth-order valence-electron chi connectivity index (χ4n) is 3.51. The van der Waals surface area contributed by atoms with Crippen LogP contribution in [0.3, 0.4) is 0 Å². The summed E-state index contributed by atoms with van der Waals surface area (Å²) < 4.78 is 1.16. The first-order valence-electron chi connectivity index (χ1n) is 8.76. The first-order chi connectivity index (χ1) is 11.2. The molecule has 2 nitrogen and oxygen atoms in total. The van der Waals surface area contributed by atoms with E-state index in [-0.39, 0.29) is 0 Å². The number of nitrogens with zero attached hydrogens (tertiary/aromatic N) is 1. The van der Waals surface area contributed by atoms with Crippen molar-refractivity contribution in [2.75, 3.05) is 13.1 Å². The molecule has 1 N–H and O–H groups in total. The molecule has 0 spiro atoms. The van der Waals surface area contributed by atoms with E-state index in [4.69, 9.17) is 4.99 Å². The van der Waals surface area contributed by atoms with E-state index in [2.05, 4.69) is 65.6 Å². The number of hydrogen-bond donors (Lipinski definition) is 1. The van der Waals surface area contributed by atoms with Gasteiger partial charge in [0, 0.05) is 23.8 Å².